The summed E-state index contributed by atoms with van der Waals surface area (Å²) in [4.78, 5) is 4.35. The predicted molar refractivity (Wildman–Crippen MR) is 75.6 cm³/mol. The van der Waals surface area contributed by atoms with E-state index in [2.05, 4.69) is 4.98 Å². The molecule has 1 heterocycles. The highest BCUT2D eigenvalue weighted by atomic mass is 35.5. The number of nitrogens with zero attached hydrogens (tertiary/aromatic N) is 2. The molecule has 0 saturated heterocycles. The molecule has 0 aliphatic heterocycles. The molecule has 19 heavy (non-hydrogen) atoms. The van der Waals surface area contributed by atoms with Gasteiger partial charge in [-0.3, -0.25) is 4.57 Å². The molecular formula is C14H9Cl2FN2. The van der Waals surface area contributed by atoms with E-state index in [1.165, 1.54) is 12.1 Å². The number of hydrogen-bond donors (Lipinski definition) is 0. The molecule has 0 unspecified atom stereocenters. The van der Waals surface area contributed by atoms with E-state index in [4.69, 9.17) is 23.2 Å². The van der Waals surface area contributed by atoms with E-state index >= 15 is 0 Å². The third-order valence-corrected chi connectivity index (χ3v) is 3.35. The third kappa shape index (κ3) is 2.20. The Hall–Kier alpha value is -1.58. The summed E-state index contributed by atoms with van der Waals surface area (Å²) < 4.78 is 15.1. The maximum Gasteiger partial charge on any atom is 0.129 e. The smallest absolute Gasteiger partial charge is 0.129 e. The van der Waals surface area contributed by atoms with Crippen molar-refractivity contribution in [2.24, 2.45) is 0 Å². The van der Waals surface area contributed by atoms with E-state index in [1.54, 1.807) is 12.1 Å². The lowest BCUT2D eigenvalue weighted by atomic mass is 10.2. The van der Waals surface area contributed by atoms with Crippen LogP contribution in [0.15, 0.2) is 42.5 Å². The Labute approximate surface area is 119 Å². The van der Waals surface area contributed by atoms with E-state index < -0.39 is 0 Å². The molecule has 2 aromatic carbocycles. The molecule has 0 amide bonds. The van der Waals surface area contributed by atoms with Gasteiger partial charge in [0.05, 0.1) is 16.9 Å². The van der Waals surface area contributed by atoms with Crippen molar-refractivity contribution < 1.29 is 4.39 Å². The molecule has 0 atom stereocenters. The summed E-state index contributed by atoms with van der Waals surface area (Å²) in [5.74, 6) is 0.580. The molecule has 0 N–H and O–H groups in total. The van der Waals surface area contributed by atoms with E-state index in [9.17, 15) is 4.39 Å². The van der Waals surface area contributed by atoms with Crippen LogP contribution in [0.25, 0.3) is 16.7 Å². The molecule has 0 saturated carbocycles. The summed E-state index contributed by atoms with van der Waals surface area (Å²) in [5.41, 5.74) is 2.24. The van der Waals surface area contributed by atoms with Gasteiger partial charge in [-0.15, -0.1) is 11.6 Å². The number of fused-ring (bicyclic) bond motifs is 1. The highest BCUT2D eigenvalue weighted by molar-refractivity contribution is 6.30. The first kappa shape index (κ1) is 12.5. The normalized spacial score (nSPS) is 11.1. The minimum Gasteiger partial charge on any atom is -0.295 e. The molecule has 3 aromatic rings. The van der Waals surface area contributed by atoms with Crippen LogP contribution >= 0.6 is 23.2 Å². The van der Waals surface area contributed by atoms with Crippen LogP contribution in [0.3, 0.4) is 0 Å². The molecule has 2 nitrogen and oxygen atoms in total. The number of benzene rings is 2. The Kier molecular flexibility index (Phi) is 3.17. The van der Waals surface area contributed by atoms with Crippen LogP contribution in [0.5, 0.6) is 0 Å². The van der Waals surface area contributed by atoms with Crippen LogP contribution in [0.2, 0.25) is 5.02 Å². The Balaban J connectivity index is 2.32. The van der Waals surface area contributed by atoms with Crippen LogP contribution < -0.4 is 0 Å². The van der Waals surface area contributed by atoms with E-state index in [-0.39, 0.29) is 11.7 Å². The van der Waals surface area contributed by atoms with Crippen molar-refractivity contribution in [3.63, 3.8) is 0 Å². The lowest BCUT2D eigenvalue weighted by Gasteiger charge is -2.08. The molecule has 0 aliphatic rings. The molecule has 0 aliphatic carbocycles. The molecule has 0 radical (unpaired) electrons. The summed E-state index contributed by atoms with van der Waals surface area (Å²) in [6.07, 6.45) is 0. The van der Waals surface area contributed by atoms with Crippen LogP contribution in [0.4, 0.5) is 4.39 Å². The van der Waals surface area contributed by atoms with Gasteiger partial charge in [-0.05, 0) is 30.3 Å². The maximum absolute atomic E-state index is 13.2. The Bertz CT molecular complexity index is 752. The van der Waals surface area contributed by atoms with Gasteiger partial charge >= 0.3 is 0 Å². The summed E-state index contributed by atoms with van der Waals surface area (Å²) >= 11 is 11.9. The van der Waals surface area contributed by atoms with Crippen molar-refractivity contribution in [2.45, 2.75) is 5.88 Å². The third-order valence-electron chi connectivity index (χ3n) is 2.87. The average molecular weight is 295 g/mol. The summed E-state index contributed by atoms with van der Waals surface area (Å²) in [5, 5.41) is 0.627. The van der Waals surface area contributed by atoms with Crippen molar-refractivity contribution in [2.75, 3.05) is 0 Å². The number of imidazole rings is 1. The van der Waals surface area contributed by atoms with Crippen LogP contribution in [0.1, 0.15) is 5.82 Å². The number of aromatic nitrogens is 2. The fourth-order valence-electron chi connectivity index (χ4n) is 2.10. The number of halogens is 3. The minimum atomic E-state index is -0.315. The van der Waals surface area contributed by atoms with Gasteiger partial charge < -0.3 is 0 Å². The van der Waals surface area contributed by atoms with Gasteiger partial charge in [0.1, 0.15) is 11.6 Å². The van der Waals surface area contributed by atoms with E-state index in [0.717, 1.165) is 11.2 Å². The first-order valence-electron chi connectivity index (χ1n) is 5.68. The van der Waals surface area contributed by atoms with Gasteiger partial charge in [-0.1, -0.05) is 17.7 Å². The second kappa shape index (κ2) is 4.83. The van der Waals surface area contributed by atoms with Gasteiger partial charge in [-0.2, -0.15) is 0 Å². The van der Waals surface area contributed by atoms with Crippen molar-refractivity contribution in [3.8, 4) is 5.69 Å². The molecule has 0 bridgehead atoms. The number of rotatable bonds is 2. The van der Waals surface area contributed by atoms with Crippen molar-refractivity contribution in [1.29, 1.82) is 0 Å². The van der Waals surface area contributed by atoms with Gasteiger partial charge in [0.15, 0.2) is 0 Å². The number of alkyl halides is 1. The second-order valence-corrected chi connectivity index (χ2v) is 4.81. The lowest BCUT2D eigenvalue weighted by Crippen LogP contribution is -1.98. The summed E-state index contributed by atoms with van der Waals surface area (Å²) in [7, 11) is 0. The number of hydrogen-bond acceptors (Lipinski definition) is 1. The lowest BCUT2D eigenvalue weighted by molar-refractivity contribution is 0.629. The standard InChI is InChI=1S/C14H9Cl2FN2/c15-8-14-18-12-7-10(17)4-5-13(12)19(14)11-3-1-2-9(16)6-11/h1-7H,8H2. The average Bonchev–Trinajstić information content (AvgIpc) is 2.76. The fourth-order valence-corrected chi connectivity index (χ4v) is 2.46. The highest BCUT2D eigenvalue weighted by Gasteiger charge is 2.12. The highest BCUT2D eigenvalue weighted by Crippen LogP contribution is 2.24. The zero-order chi connectivity index (χ0) is 13.4. The van der Waals surface area contributed by atoms with E-state index in [1.807, 2.05) is 22.8 Å². The van der Waals surface area contributed by atoms with Gasteiger partial charge in [0.2, 0.25) is 0 Å². The topological polar surface area (TPSA) is 17.8 Å². The maximum atomic E-state index is 13.2. The van der Waals surface area contributed by atoms with E-state index in [0.29, 0.717) is 16.4 Å². The van der Waals surface area contributed by atoms with Crippen LogP contribution in [-0.2, 0) is 5.88 Å². The molecule has 0 spiro atoms. The summed E-state index contributed by atoms with van der Waals surface area (Å²) in [6.45, 7) is 0. The molecule has 0 fully saturated rings. The first-order valence-corrected chi connectivity index (χ1v) is 6.59. The Morgan fingerprint density at radius 3 is 2.74 bits per heavy atom. The SMILES string of the molecule is Fc1ccc2c(c1)nc(CCl)n2-c1cccc(Cl)c1. The van der Waals surface area contributed by atoms with Crippen molar-refractivity contribution in [1.82, 2.24) is 9.55 Å². The second-order valence-electron chi connectivity index (χ2n) is 4.11. The van der Waals surface area contributed by atoms with Crippen LogP contribution in [-0.4, -0.2) is 9.55 Å². The molecule has 96 valence electrons. The van der Waals surface area contributed by atoms with Crippen molar-refractivity contribution >= 4 is 34.2 Å². The molecule has 3 rings (SSSR count). The van der Waals surface area contributed by atoms with Gasteiger partial charge in [0, 0.05) is 16.8 Å². The zero-order valence-electron chi connectivity index (χ0n) is 9.78. The van der Waals surface area contributed by atoms with Gasteiger partial charge in [0.25, 0.3) is 0 Å². The Morgan fingerprint density at radius 2 is 2.00 bits per heavy atom. The largest absolute Gasteiger partial charge is 0.295 e. The fraction of sp³-hybridized carbons (Fsp3) is 0.0714. The monoisotopic (exact) mass is 294 g/mol. The van der Waals surface area contributed by atoms with Gasteiger partial charge in [-0.25, -0.2) is 9.37 Å². The predicted octanol–water partition coefficient (Wildman–Crippen LogP) is 4.56. The first-order chi connectivity index (χ1) is 9.19. The quantitative estimate of drug-likeness (QED) is 0.634. The zero-order valence-corrected chi connectivity index (χ0v) is 11.3. The molecule has 1 aromatic heterocycles. The summed E-state index contributed by atoms with van der Waals surface area (Å²) in [6, 6.07) is 11.9. The molecule has 5 heteroatoms. The van der Waals surface area contributed by atoms with Crippen molar-refractivity contribution in [3.05, 3.63) is 59.1 Å². The van der Waals surface area contributed by atoms with Crippen LogP contribution in [0, 0.1) is 5.82 Å². The molecular weight excluding hydrogens is 286 g/mol. The minimum absolute atomic E-state index is 0.239. The Morgan fingerprint density at radius 1 is 1.16 bits per heavy atom.